The molecule has 0 aliphatic rings. The molecule has 384 valence electrons. The number of hydrogen-bond donors (Lipinski definition) is 0. The van der Waals surface area contributed by atoms with Gasteiger partial charge in [-0.2, -0.15) is 0 Å². The van der Waals surface area contributed by atoms with Gasteiger partial charge in [0.15, 0.2) is 0 Å². The third kappa shape index (κ3) is 7.91. The monoisotopic (exact) mass is 1040 g/mol. The second-order valence-electron chi connectivity index (χ2n) is 21.3. The molecule has 0 atom stereocenters. The average Bonchev–Trinajstić information content (AvgIpc) is 4.42. The molecule has 0 unspecified atom stereocenters. The van der Waals surface area contributed by atoms with Crippen molar-refractivity contribution in [1.29, 1.82) is 0 Å². The summed E-state index contributed by atoms with van der Waals surface area (Å²) in [5.74, 6) is 0. The van der Waals surface area contributed by atoms with Crippen LogP contribution in [0.5, 0.6) is 0 Å². The first-order chi connectivity index (χ1) is 40.7. The summed E-state index contributed by atoms with van der Waals surface area (Å²) in [4.78, 5) is 2.36. The van der Waals surface area contributed by atoms with Gasteiger partial charge in [0, 0.05) is 66.4 Å². The minimum Gasteiger partial charge on any atom is -0.311 e. The number of anilines is 3. The minimum absolute atomic E-state index is 1.07. The topological polar surface area (TPSA) is 18.0 Å². The zero-order valence-corrected chi connectivity index (χ0v) is 44.8. The van der Waals surface area contributed by atoms with Crippen molar-refractivity contribution >= 4 is 82.5 Å². The lowest BCUT2D eigenvalue weighted by molar-refractivity contribution is 1.17. The van der Waals surface area contributed by atoms with Crippen LogP contribution in [0.1, 0.15) is 0 Å². The van der Waals surface area contributed by atoms with Crippen LogP contribution < -0.4 is 4.90 Å². The zero-order chi connectivity index (χ0) is 54.1. The Kier molecular flexibility index (Phi) is 11.2. The van der Waals surface area contributed by atoms with Gasteiger partial charge in [0.05, 0.1) is 33.1 Å². The van der Waals surface area contributed by atoms with E-state index in [-0.39, 0.29) is 0 Å². The van der Waals surface area contributed by atoms with Crippen LogP contribution in [-0.2, 0) is 0 Å². The lowest BCUT2D eigenvalue weighted by Gasteiger charge is -2.26. The van der Waals surface area contributed by atoms with E-state index in [2.05, 4.69) is 334 Å². The summed E-state index contributed by atoms with van der Waals surface area (Å²) in [5, 5.41) is 7.44. The molecule has 13 aromatic carbocycles. The number of rotatable bonds is 10. The Hall–Kier alpha value is -10.9. The van der Waals surface area contributed by atoms with Crippen LogP contribution in [0.4, 0.5) is 17.1 Å². The highest BCUT2D eigenvalue weighted by molar-refractivity contribution is 6.13. The quantitative estimate of drug-likeness (QED) is 0.133. The standard InChI is InChI=1S/C78H52N4/c1-3-15-53(16-4-1)55-27-37-61(38-28-55)79(62-39-29-56(30-40-62)54-17-5-2-6-18-54)63-45-47-66(48-46-63)82-77-49-35-59(57-31-41-64(42-32-57)80-73-23-11-7-19-67(73)68-20-8-12-24-74(68)80)51-71(77)72-52-60(36-50-78(72)82)58-33-43-65(44-34-58)81-75-25-13-9-21-69(75)70-22-10-14-26-76(70)81/h1-52H. The molecule has 4 nitrogen and oxygen atoms in total. The van der Waals surface area contributed by atoms with Gasteiger partial charge >= 0.3 is 0 Å². The normalized spacial score (nSPS) is 11.7. The van der Waals surface area contributed by atoms with E-state index in [0.717, 1.165) is 45.2 Å². The molecule has 0 saturated carbocycles. The fraction of sp³-hybridized carbons (Fsp3) is 0. The number of nitrogens with zero attached hydrogens (tertiary/aromatic N) is 4. The van der Waals surface area contributed by atoms with E-state index < -0.39 is 0 Å². The van der Waals surface area contributed by atoms with E-state index >= 15 is 0 Å². The van der Waals surface area contributed by atoms with Gasteiger partial charge in [0.25, 0.3) is 0 Å². The van der Waals surface area contributed by atoms with E-state index in [0.29, 0.717) is 0 Å². The SMILES string of the molecule is c1ccc(-c2ccc(N(c3ccc(-c4ccccc4)cc3)c3ccc(-n4c5ccc(-c6ccc(-n7c8ccccc8c8ccccc87)cc6)cc5c5cc(-c6ccc(-n7c8ccccc8c8ccccc87)cc6)ccc54)cc3)cc2)cc1. The molecule has 0 aliphatic heterocycles. The summed E-state index contributed by atoms with van der Waals surface area (Å²) in [6.45, 7) is 0. The molecular formula is C78H52N4. The molecule has 16 aromatic rings. The van der Waals surface area contributed by atoms with Crippen molar-refractivity contribution in [2.75, 3.05) is 4.90 Å². The van der Waals surface area contributed by atoms with Crippen LogP contribution in [0.2, 0.25) is 0 Å². The third-order valence-corrected chi connectivity index (χ3v) is 16.7. The van der Waals surface area contributed by atoms with Crippen molar-refractivity contribution in [3.8, 4) is 61.6 Å². The summed E-state index contributed by atoms with van der Waals surface area (Å²) in [5.41, 5.74) is 23.2. The molecular weight excluding hydrogens is 993 g/mol. The maximum atomic E-state index is 2.44. The first-order valence-electron chi connectivity index (χ1n) is 28.1. The van der Waals surface area contributed by atoms with E-state index in [4.69, 9.17) is 0 Å². The van der Waals surface area contributed by atoms with Crippen LogP contribution >= 0.6 is 0 Å². The van der Waals surface area contributed by atoms with Gasteiger partial charge in [-0.1, -0.05) is 194 Å². The molecule has 82 heavy (non-hydrogen) atoms. The Morgan fingerprint density at radius 3 is 0.744 bits per heavy atom. The Bertz CT molecular complexity index is 4630. The molecule has 4 heteroatoms. The predicted molar refractivity (Wildman–Crippen MR) is 346 cm³/mol. The van der Waals surface area contributed by atoms with Crippen molar-refractivity contribution < 1.29 is 0 Å². The van der Waals surface area contributed by atoms with Crippen molar-refractivity contribution in [2.24, 2.45) is 0 Å². The van der Waals surface area contributed by atoms with Crippen LogP contribution in [0.15, 0.2) is 315 Å². The van der Waals surface area contributed by atoms with Gasteiger partial charge in [-0.05, 0) is 166 Å². The zero-order valence-electron chi connectivity index (χ0n) is 44.8. The van der Waals surface area contributed by atoms with Crippen LogP contribution in [0.25, 0.3) is 127 Å². The molecule has 0 fully saturated rings. The average molecular weight is 1050 g/mol. The first-order valence-corrected chi connectivity index (χ1v) is 28.1. The van der Waals surface area contributed by atoms with E-state index in [1.807, 2.05) is 0 Å². The molecule has 3 aromatic heterocycles. The van der Waals surface area contributed by atoms with Crippen molar-refractivity contribution in [2.45, 2.75) is 0 Å². The summed E-state index contributed by atoms with van der Waals surface area (Å²) in [6, 6.07) is 115. The molecule has 0 spiro atoms. The Balaban J connectivity index is 0.808. The molecule has 0 saturated heterocycles. The molecule has 0 bridgehead atoms. The van der Waals surface area contributed by atoms with E-state index in [1.54, 1.807) is 0 Å². The Morgan fingerprint density at radius 2 is 0.402 bits per heavy atom. The minimum atomic E-state index is 1.07. The second-order valence-corrected chi connectivity index (χ2v) is 21.3. The number of hydrogen-bond acceptors (Lipinski definition) is 1. The number of aromatic nitrogens is 3. The molecule has 3 heterocycles. The summed E-state index contributed by atoms with van der Waals surface area (Å²) >= 11 is 0. The van der Waals surface area contributed by atoms with Gasteiger partial charge in [0.2, 0.25) is 0 Å². The lowest BCUT2D eigenvalue weighted by atomic mass is 10.00. The Labute approximate surface area is 475 Å². The Morgan fingerprint density at radius 1 is 0.171 bits per heavy atom. The highest BCUT2D eigenvalue weighted by Gasteiger charge is 2.19. The molecule has 0 amide bonds. The van der Waals surface area contributed by atoms with Crippen LogP contribution in [0, 0.1) is 0 Å². The van der Waals surface area contributed by atoms with Crippen LogP contribution in [0.3, 0.4) is 0 Å². The lowest BCUT2D eigenvalue weighted by Crippen LogP contribution is -2.10. The largest absolute Gasteiger partial charge is 0.311 e. The van der Waals surface area contributed by atoms with E-state index in [1.165, 1.54) is 98.9 Å². The van der Waals surface area contributed by atoms with Gasteiger partial charge in [0.1, 0.15) is 0 Å². The summed E-state index contributed by atoms with van der Waals surface area (Å²) in [6.07, 6.45) is 0. The van der Waals surface area contributed by atoms with Crippen LogP contribution in [-0.4, -0.2) is 13.7 Å². The van der Waals surface area contributed by atoms with Gasteiger partial charge in [-0.25, -0.2) is 0 Å². The van der Waals surface area contributed by atoms with Crippen molar-refractivity contribution in [3.63, 3.8) is 0 Å². The maximum absolute atomic E-state index is 2.44. The third-order valence-electron chi connectivity index (χ3n) is 16.7. The maximum Gasteiger partial charge on any atom is 0.0541 e. The van der Waals surface area contributed by atoms with Crippen molar-refractivity contribution in [3.05, 3.63) is 315 Å². The van der Waals surface area contributed by atoms with Gasteiger partial charge in [-0.3, -0.25) is 0 Å². The number of benzene rings is 13. The molecule has 0 N–H and O–H groups in total. The summed E-state index contributed by atoms with van der Waals surface area (Å²) in [7, 11) is 0. The first kappa shape index (κ1) is 47.1. The fourth-order valence-electron chi connectivity index (χ4n) is 12.7. The summed E-state index contributed by atoms with van der Waals surface area (Å²) < 4.78 is 7.21. The molecule has 16 rings (SSSR count). The highest BCUT2D eigenvalue weighted by Crippen LogP contribution is 2.42. The van der Waals surface area contributed by atoms with E-state index in [9.17, 15) is 0 Å². The molecule has 0 radical (unpaired) electrons. The number of para-hydroxylation sites is 4. The smallest absolute Gasteiger partial charge is 0.0541 e. The number of fused-ring (bicyclic) bond motifs is 9. The highest BCUT2D eigenvalue weighted by atomic mass is 15.1. The van der Waals surface area contributed by atoms with Gasteiger partial charge in [-0.15, -0.1) is 0 Å². The molecule has 0 aliphatic carbocycles. The van der Waals surface area contributed by atoms with Gasteiger partial charge < -0.3 is 18.6 Å². The predicted octanol–water partition coefficient (Wildman–Crippen LogP) is 21.1. The fourth-order valence-corrected chi connectivity index (χ4v) is 12.7. The van der Waals surface area contributed by atoms with Crippen molar-refractivity contribution in [1.82, 2.24) is 13.7 Å². The second kappa shape index (κ2) is 19.5.